The topological polar surface area (TPSA) is 67.3 Å². The first-order valence-electron chi connectivity index (χ1n) is 8.46. The van der Waals surface area contributed by atoms with Gasteiger partial charge in [0.05, 0.1) is 13.7 Å². The summed E-state index contributed by atoms with van der Waals surface area (Å²) in [7, 11) is 1.57. The van der Waals surface area contributed by atoms with Crippen molar-refractivity contribution in [3.63, 3.8) is 0 Å². The van der Waals surface area contributed by atoms with Crippen molar-refractivity contribution in [1.29, 1.82) is 0 Å². The van der Waals surface area contributed by atoms with E-state index in [-0.39, 0.29) is 6.03 Å². The highest BCUT2D eigenvalue weighted by atomic mass is 16.5. The van der Waals surface area contributed by atoms with E-state index < -0.39 is 0 Å². The number of urea groups is 1. The molecule has 1 N–H and O–H groups in total. The predicted molar refractivity (Wildman–Crippen MR) is 87.1 cm³/mol. The van der Waals surface area contributed by atoms with Gasteiger partial charge in [0.2, 0.25) is 5.88 Å². The Bertz CT molecular complexity index is 569. The zero-order valence-corrected chi connectivity index (χ0v) is 14.2. The van der Waals surface area contributed by atoms with Gasteiger partial charge in [0, 0.05) is 30.3 Å². The number of hydrogen-bond acceptors (Lipinski definition) is 4. The molecule has 1 aromatic rings. The van der Waals surface area contributed by atoms with Crippen LogP contribution in [-0.4, -0.2) is 40.6 Å². The van der Waals surface area contributed by atoms with Crippen LogP contribution in [0, 0.1) is 11.3 Å². The van der Waals surface area contributed by atoms with Crippen molar-refractivity contribution >= 4 is 6.03 Å². The van der Waals surface area contributed by atoms with Crippen LogP contribution in [0.1, 0.15) is 45.4 Å². The Balaban J connectivity index is 1.60. The van der Waals surface area contributed by atoms with Crippen molar-refractivity contribution in [2.75, 3.05) is 13.7 Å². The number of ether oxygens (including phenoxy) is 1. The average molecular weight is 318 g/mol. The van der Waals surface area contributed by atoms with E-state index in [1.54, 1.807) is 19.4 Å². The van der Waals surface area contributed by atoms with Crippen molar-refractivity contribution in [3.05, 3.63) is 18.1 Å². The molecule has 1 aromatic heterocycles. The van der Waals surface area contributed by atoms with Gasteiger partial charge in [0.25, 0.3) is 0 Å². The second kappa shape index (κ2) is 6.34. The first-order valence-corrected chi connectivity index (χ1v) is 8.46. The van der Waals surface area contributed by atoms with Gasteiger partial charge in [-0.1, -0.05) is 26.7 Å². The van der Waals surface area contributed by atoms with Gasteiger partial charge in [0.1, 0.15) is 0 Å². The SMILES string of the molecule is COc1ccnc(CNC(=O)N2CC3(CCCC3)[C@H]2C(C)C)n1. The molecule has 6 heteroatoms. The number of methoxy groups -OCH3 is 1. The minimum absolute atomic E-state index is 0.00681. The van der Waals surface area contributed by atoms with Crippen molar-refractivity contribution in [3.8, 4) is 5.88 Å². The maximum atomic E-state index is 12.5. The lowest BCUT2D eigenvalue weighted by atomic mass is 9.66. The number of carbonyl (C=O) groups excluding carboxylic acids is 1. The monoisotopic (exact) mass is 318 g/mol. The van der Waals surface area contributed by atoms with Crippen LogP contribution < -0.4 is 10.1 Å². The lowest BCUT2D eigenvalue weighted by molar-refractivity contribution is -0.0616. The number of nitrogens with one attached hydrogen (secondary N) is 1. The summed E-state index contributed by atoms with van der Waals surface area (Å²) in [6, 6.07) is 2.04. The lowest BCUT2D eigenvalue weighted by Crippen LogP contribution is -2.68. The Morgan fingerprint density at radius 3 is 2.87 bits per heavy atom. The van der Waals surface area contributed by atoms with Crippen molar-refractivity contribution in [1.82, 2.24) is 20.2 Å². The van der Waals surface area contributed by atoms with Gasteiger partial charge in [-0.2, -0.15) is 4.98 Å². The first kappa shape index (κ1) is 16.0. The zero-order chi connectivity index (χ0) is 16.4. The Morgan fingerprint density at radius 1 is 1.48 bits per heavy atom. The standard InChI is InChI=1S/C17H26N4O2/c1-12(2)15-17(7-4-5-8-17)11-21(15)16(22)19-10-13-18-9-6-14(20-13)23-3/h6,9,12,15H,4-5,7-8,10-11H2,1-3H3,(H,19,22)/t15-/m1/s1. The normalized spacial score (nSPS) is 22.3. The predicted octanol–water partition coefficient (Wildman–Crippen LogP) is 2.60. The number of hydrogen-bond donors (Lipinski definition) is 1. The maximum Gasteiger partial charge on any atom is 0.318 e. The minimum Gasteiger partial charge on any atom is -0.481 e. The van der Waals surface area contributed by atoms with Gasteiger partial charge in [-0.15, -0.1) is 0 Å². The third-order valence-electron chi connectivity index (χ3n) is 5.23. The Hall–Kier alpha value is -1.85. The summed E-state index contributed by atoms with van der Waals surface area (Å²) >= 11 is 0. The highest BCUT2D eigenvalue weighted by molar-refractivity contribution is 5.76. The van der Waals surface area contributed by atoms with E-state index in [1.807, 2.05) is 4.90 Å². The largest absolute Gasteiger partial charge is 0.481 e. The van der Waals surface area contributed by atoms with E-state index in [0.717, 1.165) is 6.54 Å². The highest BCUT2D eigenvalue weighted by Crippen LogP contribution is 2.52. The summed E-state index contributed by atoms with van der Waals surface area (Å²) in [5.41, 5.74) is 0.373. The van der Waals surface area contributed by atoms with E-state index in [1.165, 1.54) is 25.7 Å². The van der Waals surface area contributed by atoms with E-state index in [9.17, 15) is 4.79 Å². The molecular formula is C17H26N4O2. The second-order valence-electron chi connectivity index (χ2n) is 7.06. The number of carbonyl (C=O) groups is 1. The van der Waals surface area contributed by atoms with Crippen LogP contribution in [0.5, 0.6) is 5.88 Å². The van der Waals surface area contributed by atoms with Crippen molar-refractivity contribution in [2.45, 2.75) is 52.1 Å². The molecule has 2 amide bonds. The number of likely N-dealkylation sites (tertiary alicyclic amines) is 1. The summed E-state index contributed by atoms with van der Waals surface area (Å²) in [5.74, 6) is 1.56. The van der Waals surface area contributed by atoms with Crippen molar-refractivity contribution in [2.24, 2.45) is 11.3 Å². The summed E-state index contributed by atoms with van der Waals surface area (Å²) < 4.78 is 5.08. The van der Waals surface area contributed by atoms with E-state index >= 15 is 0 Å². The third-order valence-corrected chi connectivity index (χ3v) is 5.23. The fraction of sp³-hybridized carbons (Fsp3) is 0.706. The van der Waals surface area contributed by atoms with Crippen molar-refractivity contribution < 1.29 is 9.53 Å². The molecule has 1 spiro atoms. The lowest BCUT2D eigenvalue weighted by Gasteiger charge is -2.58. The Labute approximate surface area is 137 Å². The zero-order valence-electron chi connectivity index (χ0n) is 14.2. The smallest absolute Gasteiger partial charge is 0.318 e. The number of aromatic nitrogens is 2. The second-order valence-corrected chi connectivity index (χ2v) is 7.06. The van der Waals surface area contributed by atoms with E-state index in [0.29, 0.717) is 35.6 Å². The van der Waals surface area contributed by atoms with Gasteiger partial charge in [-0.05, 0) is 18.8 Å². The molecule has 1 aliphatic heterocycles. The molecule has 126 valence electrons. The van der Waals surface area contributed by atoms with Crippen LogP contribution in [0.4, 0.5) is 4.79 Å². The van der Waals surface area contributed by atoms with Crippen LogP contribution in [0.15, 0.2) is 12.3 Å². The fourth-order valence-electron chi connectivity index (χ4n) is 4.38. The molecule has 0 unspecified atom stereocenters. The highest BCUT2D eigenvalue weighted by Gasteiger charge is 2.56. The molecule has 1 atom stereocenters. The first-order chi connectivity index (χ1) is 11.1. The molecule has 0 aromatic carbocycles. The number of nitrogens with zero attached hydrogens (tertiary/aromatic N) is 3. The van der Waals surface area contributed by atoms with Crippen LogP contribution in [0.2, 0.25) is 0 Å². The average Bonchev–Trinajstić information content (AvgIpc) is 3.01. The maximum absolute atomic E-state index is 12.5. The third kappa shape index (κ3) is 2.99. The number of rotatable bonds is 4. The summed E-state index contributed by atoms with van der Waals surface area (Å²) in [6.07, 6.45) is 6.77. The van der Waals surface area contributed by atoms with Gasteiger partial charge >= 0.3 is 6.03 Å². The molecule has 2 fully saturated rings. The molecule has 2 heterocycles. The van der Waals surface area contributed by atoms with E-state index in [2.05, 4.69) is 29.1 Å². The summed E-state index contributed by atoms with van der Waals surface area (Å²) in [5, 5.41) is 2.95. The summed E-state index contributed by atoms with van der Waals surface area (Å²) in [4.78, 5) is 22.9. The molecule has 1 saturated carbocycles. The van der Waals surface area contributed by atoms with Gasteiger partial charge < -0.3 is 15.0 Å². The van der Waals surface area contributed by atoms with Crippen LogP contribution >= 0.6 is 0 Å². The van der Waals surface area contributed by atoms with Gasteiger partial charge in [-0.3, -0.25) is 0 Å². The molecule has 23 heavy (non-hydrogen) atoms. The molecule has 2 aliphatic rings. The van der Waals surface area contributed by atoms with E-state index in [4.69, 9.17) is 4.74 Å². The molecule has 6 nitrogen and oxygen atoms in total. The molecule has 0 radical (unpaired) electrons. The molecule has 3 rings (SSSR count). The van der Waals surface area contributed by atoms with Crippen LogP contribution in [0.3, 0.4) is 0 Å². The molecule has 0 bridgehead atoms. The van der Waals surface area contributed by atoms with Crippen LogP contribution in [0.25, 0.3) is 0 Å². The van der Waals surface area contributed by atoms with Gasteiger partial charge in [0.15, 0.2) is 5.82 Å². The minimum atomic E-state index is -0.00681. The Morgan fingerprint density at radius 2 is 2.22 bits per heavy atom. The quantitative estimate of drug-likeness (QED) is 0.926. The van der Waals surface area contributed by atoms with Crippen LogP contribution in [-0.2, 0) is 6.54 Å². The molecule has 1 aliphatic carbocycles. The Kier molecular flexibility index (Phi) is 4.41. The fourth-order valence-corrected chi connectivity index (χ4v) is 4.38. The molecular weight excluding hydrogens is 292 g/mol. The number of amides is 2. The summed E-state index contributed by atoms with van der Waals surface area (Å²) in [6.45, 7) is 5.65. The molecule has 1 saturated heterocycles. The van der Waals surface area contributed by atoms with Gasteiger partial charge in [-0.25, -0.2) is 9.78 Å².